The van der Waals surface area contributed by atoms with Crippen molar-refractivity contribution in [1.82, 2.24) is 15.0 Å². The van der Waals surface area contributed by atoms with Crippen molar-refractivity contribution in [2.45, 2.75) is 13.0 Å². The van der Waals surface area contributed by atoms with Crippen LogP contribution in [-0.4, -0.2) is 34.6 Å². The van der Waals surface area contributed by atoms with E-state index in [-0.39, 0.29) is 6.04 Å². The van der Waals surface area contributed by atoms with Crippen molar-refractivity contribution in [3.05, 3.63) is 12.6 Å². The summed E-state index contributed by atoms with van der Waals surface area (Å²) in [5.41, 5.74) is 6.73. The molecule has 2 heterocycles. The van der Waals surface area contributed by atoms with Crippen LogP contribution < -0.4 is 10.6 Å². The third-order valence-electron chi connectivity index (χ3n) is 2.40. The fourth-order valence-electron chi connectivity index (χ4n) is 1.18. The predicted molar refractivity (Wildman–Crippen MR) is 56.5 cm³/mol. The molecule has 6 heteroatoms. The molecule has 6 nitrogen and oxygen atoms in total. The number of anilines is 1. The maximum Gasteiger partial charge on any atom is 0.251 e. The van der Waals surface area contributed by atoms with Crippen molar-refractivity contribution in [3.63, 3.8) is 0 Å². The van der Waals surface area contributed by atoms with E-state index in [1.54, 1.807) is 6.20 Å². The summed E-state index contributed by atoms with van der Waals surface area (Å²) in [7, 11) is 1.90. The largest absolute Gasteiger partial charge is 0.425 e. The van der Waals surface area contributed by atoms with Crippen molar-refractivity contribution in [2.24, 2.45) is 5.73 Å². The topological polar surface area (TPSA) is 81.1 Å². The van der Waals surface area contributed by atoms with Gasteiger partial charge in [0.25, 0.3) is 5.71 Å². The molecule has 0 aliphatic rings. The maximum absolute atomic E-state index is 5.57. The van der Waals surface area contributed by atoms with Gasteiger partial charge in [0.1, 0.15) is 5.52 Å². The van der Waals surface area contributed by atoms with Crippen molar-refractivity contribution in [3.8, 4) is 0 Å². The van der Waals surface area contributed by atoms with E-state index in [1.807, 2.05) is 18.9 Å². The van der Waals surface area contributed by atoms with Crippen LogP contribution in [0.4, 0.5) is 5.95 Å². The van der Waals surface area contributed by atoms with E-state index in [1.165, 1.54) is 6.39 Å². The molecular weight excluding hydrogens is 194 g/mol. The monoisotopic (exact) mass is 207 g/mol. The lowest BCUT2D eigenvalue weighted by atomic mass is 10.3. The number of rotatable bonds is 3. The number of nitrogens with two attached hydrogens (primary N) is 1. The first-order chi connectivity index (χ1) is 7.22. The van der Waals surface area contributed by atoms with Crippen molar-refractivity contribution >= 4 is 17.2 Å². The molecule has 80 valence electrons. The van der Waals surface area contributed by atoms with E-state index in [0.29, 0.717) is 23.7 Å². The molecule has 0 saturated carbocycles. The zero-order chi connectivity index (χ0) is 10.8. The highest BCUT2D eigenvalue weighted by atomic mass is 16.3. The van der Waals surface area contributed by atoms with Gasteiger partial charge in [-0.3, -0.25) is 0 Å². The number of nitrogens with zero attached hydrogens (tertiary/aromatic N) is 4. The summed E-state index contributed by atoms with van der Waals surface area (Å²) in [5, 5.41) is 0. The van der Waals surface area contributed by atoms with Crippen LogP contribution in [0.3, 0.4) is 0 Å². The van der Waals surface area contributed by atoms with Crippen LogP contribution in [0.25, 0.3) is 11.2 Å². The molecule has 2 rings (SSSR count). The van der Waals surface area contributed by atoms with Gasteiger partial charge < -0.3 is 15.1 Å². The van der Waals surface area contributed by atoms with Crippen LogP contribution in [0, 0.1) is 0 Å². The summed E-state index contributed by atoms with van der Waals surface area (Å²) < 4.78 is 5.10. The molecule has 2 aromatic rings. The molecule has 1 unspecified atom stereocenters. The molecule has 0 bridgehead atoms. The van der Waals surface area contributed by atoms with Crippen LogP contribution in [0.5, 0.6) is 0 Å². The predicted octanol–water partition coefficient (Wildman–Crippen LogP) is 0.401. The quantitative estimate of drug-likeness (QED) is 0.784. The maximum atomic E-state index is 5.57. The van der Waals surface area contributed by atoms with Crippen LogP contribution in [0.2, 0.25) is 0 Å². The number of aromatic nitrogens is 3. The van der Waals surface area contributed by atoms with E-state index < -0.39 is 0 Å². The summed E-state index contributed by atoms with van der Waals surface area (Å²) in [5.74, 6) is 0.595. The molecular formula is C9H13N5O. The fourth-order valence-corrected chi connectivity index (χ4v) is 1.18. The number of oxazole rings is 1. The first kappa shape index (κ1) is 9.85. The highest BCUT2D eigenvalue weighted by Crippen LogP contribution is 2.13. The van der Waals surface area contributed by atoms with Gasteiger partial charge in [0, 0.05) is 19.6 Å². The molecule has 0 fully saturated rings. The molecule has 1 atom stereocenters. The smallest absolute Gasteiger partial charge is 0.251 e. The van der Waals surface area contributed by atoms with Crippen LogP contribution in [0.1, 0.15) is 6.92 Å². The minimum Gasteiger partial charge on any atom is -0.425 e. The molecule has 0 aromatic carbocycles. The van der Waals surface area contributed by atoms with Gasteiger partial charge in [-0.2, -0.15) is 4.98 Å². The van der Waals surface area contributed by atoms with Crippen molar-refractivity contribution in [1.29, 1.82) is 0 Å². The first-order valence-electron chi connectivity index (χ1n) is 4.71. The SMILES string of the molecule is CC(CN)N(C)c1ncc2ncoc2n1. The second-order valence-corrected chi connectivity index (χ2v) is 3.41. The minimum atomic E-state index is 0.186. The van der Waals surface area contributed by atoms with E-state index in [9.17, 15) is 0 Å². The molecule has 0 aliphatic heterocycles. The first-order valence-corrected chi connectivity index (χ1v) is 4.71. The van der Waals surface area contributed by atoms with Crippen LogP contribution >= 0.6 is 0 Å². The minimum absolute atomic E-state index is 0.186. The molecule has 2 N–H and O–H groups in total. The highest BCUT2D eigenvalue weighted by Gasteiger charge is 2.12. The Bertz CT molecular complexity index is 454. The zero-order valence-electron chi connectivity index (χ0n) is 8.71. The molecule has 0 amide bonds. The Balaban J connectivity index is 2.35. The fraction of sp³-hybridized carbons (Fsp3) is 0.444. The van der Waals surface area contributed by atoms with E-state index >= 15 is 0 Å². The average Bonchev–Trinajstić information content (AvgIpc) is 2.73. The lowest BCUT2D eigenvalue weighted by molar-refractivity contribution is 0.587. The Labute approximate surface area is 87.1 Å². The molecule has 0 radical (unpaired) electrons. The third-order valence-corrected chi connectivity index (χ3v) is 2.40. The lowest BCUT2D eigenvalue weighted by Gasteiger charge is -2.22. The Kier molecular flexibility index (Phi) is 2.51. The van der Waals surface area contributed by atoms with Gasteiger partial charge in [-0.25, -0.2) is 9.97 Å². The van der Waals surface area contributed by atoms with Crippen LogP contribution in [0.15, 0.2) is 17.0 Å². The molecule has 0 aliphatic carbocycles. The summed E-state index contributed by atoms with van der Waals surface area (Å²) in [6.45, 7) is 2.56. The van der Waals surface area contributed by atoms with Crippen LogP contribution in [-0.2, 0) is 0 Å². The number of fused-ring (bicyclic) bond motifs is 1. The Morgan fingerprint density at radius 1 is 1.53 bits per heavy atom. The molecule has 15 heavy (non-hydrogen) atoms. The Morgan fingerprint density at radius 2 is 2.33 bits per heavy atom. The van der Waals surface area contributed by atoms with E-state index in [0.717, 1.165) is 0 Å². The van der Waals surface area contributed by atoms with Gasteiger partial charge in [-0.15, -0.1) is 0 Å². The third kappa shape index (κ3) is 1.75. The van der Waals surface area contributed by atoms with Gasteiger partial charge in [0.15, 0.2) is 6.39 Å². The normalized spacial score (nSPS) is 13.0. The average molecular weight is 207 g/mol. The van der Waals surface area contributed by atoms with Gasteiger partial charge in [-0.1, -0.05) is 0 Å². The van der Waals surface area contributed by atoms with Gasteiger partial charge in [-0.05, 0) is 6.92 Å². The second-order valence-electron chi connectivity index (χ2n) is 3.41. The Hall–Kier alpha value is -1.69. The number of likely N-dealkylation sites (N-methyl/N-ethyl adjacent to an activating group) is 1. The summed E-state index contributed by atoms with van der Waals surface area (Å²) in [4.78, 5) is 14.3. The lowest BCUT2D eigenvalue weighted by Crippen LogP contribution is -2.36. The van der Waals surface area contributed by atoms with Crippen molar-refractivity contribution in [2.75, 3.05) is 18.5 Å². The van der Waals surface area contributed by atoms with E-state index in [4.69, 9.17) is 10.2 Å². The standard InChI is InChI=1S/C9H13N5O/c1-6(3-10)14(2)9-11-4-7-8(13-9)15-5-12-7/h4-6H,3,10H2,1-2H3. The second kappa shape index (κ2) is 3.82. The zero-order valence-corrected chi connectivity index (χ0v) is 8.71. The summed E-state index contributed by atoms with van der Waals surface area (Å²) >= 11 is 0. The summed E-state index contributed by atoms with van der Waals surface area (Å²) in [6, 6.07) is 0.186. The summed E-state index contributed by atoms with van der Waals surface area (Å²) in [6.07, 6.45) is 3.00. The number of hydrogen-bond acceptors (Lipinski definition) is 6. The van der Waals surface area contributed by atoms with Gasteiger partial charge in [0.2, 0.25) is 5.95 Å². The molecule has 2 aromatic heterocycles. The van der Waals surface area contributed by atoms with E-state index in [2.05, 4.69) is 15.0 Å². The Morgan fingerprint density at radius 3 is 3.07 bits per heavy atom. The number of hydrogen-bond donors (Lipinski definition) is 1. The van der Waals surface area contributed by atoms with Gasteiger partial charge >= 0.3 is 0 Å². The van der Waals surface area contributed by atoms with Crippen molar-refractivity contribution < 1.29 is 4.42 Å². The highest BCUT2D eigenvalue weighted by molar-refractivity contribution is 5.67. The molecule has 0 spiro atoms. The van der Waals surface area contributed by atoms with Gasteiger partial charge in [0.05, 0.1) is 6.20 Å². The molecule has 0 saturated heterocycles.